The van der Waals surface area contributed by atoms with Crippen molar-refractivity contribution in [3.8, 4) is 0 Å². The lowest BCUT2D eigenvalue weighted by Gasteiger charge is -2.16. The van der Waals surface area contributed by atoms with Crippen LogP contribution in [0.5, 0.6) is 0 Å². The number of anilines is 2. The minimum absolute atomic E-state index is 0.0660. The lowest BCUT2D eigenvalue weighted by Crippen LogP contribution is -2.29. The van der Waals surface area contributed by atoms with Gasteiger partial charge in [0.05, 0.1) is 6.20 Å². The molecule has 1 aliphatic heterocycles. The van der Waals surface area contributed by atoms with Crippen LogP contribution >= 0.6 is 0 Å². The Morgan fingerprint density at radius 3 is 2.52 bits per heavy atom. The molecule has 0 aliphatic carbocycles. The van der Waals surface area contributed by atoms with Crippen LogP contribution in [-0.2, 0) is 0 Å². The first-order chi connectivity index (χ1) is 14.0. The molecule has 9 heteroatoms. The van der Waals surface area contributed by atoms with E-state index in [1.165, 1.54) is 12.4 Å². The monoisotopic (exact) mass is 390 g/mol. The third-order valence-electron chi connectivity index (χ3n) is 4.72. The Hall–Kier alpha value is -3.49. The van der Waals surface area contributed by atoms with Crippen LogP contribution in [-0.4, -0.2) is 53.8 Å². The molecule has 3 aromatic rings. The smallest absolute Gasteiger partial charge is 0.274 e. The first-order valence-corrected chi connectivity index (χ1v) is 9.48. The first kappa shape index (κ1) is 18.9. The summed E-state index contributed by atoms with van der Waals surface area (Å²) >= 11 is 0. The van der Waals surface area contributed by atoms with Gasteiger partial charge in [0, 0.05) is 54.5 Å². The Kier molecular flexibility index (Phi) is 5.11. The van der Waals surface area contributed by atoms with Gasteiger partial charge in [0.25, 0.3) is 5.91 Å². The normalized spacial score (nSPS) is 16.1. The quantitative estimate of drug-likeness (QED) is 0.723. The Bertz CT molecular complexity index is 1020. The van der Waals surface area contributed by atoms with E-state index in [0.717, 1.165) is 23.5 Å². The van der Waals surface area contributed by atoms with Crippen molar-refractivity contribution < 1.29 is 4.79 Å². The molecule has 0 bridgehead atoms. The number of aromatic nitrogens is 6. The van der Waals surface area contributed by atoms with Crippen molar-refractivity contribution in [2.45, 2.75) is 33.1 Å². The van der Waals surface area contributed by atoms with Gasteiger partial charge in [-0.25, -0.2) is 24.9 Å². The zero-order valence-corrected chi connectivity index (χ0v) is 16.6. The van der Waals surface area contributed by atoms with E-state index in [0.29, 0.717) is 36.4 Å². The van der Waals surface area contributed by atoms with E-state index in [9.17, 15) is 4.79 Å². The number of carbonyl (C=O) groups is 1. The summed E-state index contributed by atoms with van der Waals surface area (Å²) in [6.45, 7) is 6.98. The van der Waals surface area contributed by atoms with Crippen LogP contribution in [0.25, 0.3) is 0 Å². The van der Waals surface area contributed by atoms with Crippen molar-refractivity contribution in [3.05, 3.63) is 59.3 Å². The highest BCUT2D eigenvalue weighted by Crippen LogP contribution is 2.27. The van der Waals surface area contributed by atoms with Crippen LogP contribution in [0.4, 0.5) is 11.8 Å². The molecule has 4 rings (SSSR count). The molecule has 3 aromatic heterocycles. The molecule has 1 amide bonds. The van der Waals surface area contributed by atoms with Gasteiger partial charge in [0.15, 0.2) is 0 Å². The minimum atomic E-state index is -0.116. The SMILES string of the molecule is Cc1cc(C)nc(Nc2cc(C)nc([C@H]3CCN(C(=O)c4cnccn4)C3)n2)n1. The third kappa shape index (κ3) is 4.34. The Morgan fingerprint density at radius 2 is 1.79 bits per heavy atom. The summed E-state index contributed by atoms with van der Waals surface area (Å²) in [6, 6.07) is 3.78. The maximum Gasteiger partial charge on any atom is 0.274 e. The van der Waals surface area contributed by atoms with Gasteiger partial charge >= 0.3 is 0 Å². The second-order valence-electron chi connectivity index (χ2n) is 7.18. The molecule has 9 nitrogen and oxygen atoms in total. The maximum absolute atomic E-state index is 12.6. The molecule has 0 saturated carbocycles. The summed E-state index contributed by atoms with van der Waals surface area (Å²) in [4.78, 5) is 40.6. The molecule has 1 atom stereocenters. The van der Waals surface area contributed by atoms with E-state index in [2.05, 4.69) is 35.2 Å². The number of rotatable bonds is 4. The number of likely N-dealkylation sites (tertiary alicyclic amines) is 1. The van der Waals surface area contributed by atoms with Crippen molar-refractivity contribution in [1.82, 2.24) is 34.8 Å². The average molecular weight is 390 g/mol. The number of hydrogen-bond donors (Lipinski definition) is 1. The highest BCUT2D eigenvalue weighted by molar-refractivity contribution is 5.92. The number of amides is 1. The van der Waals surface area contributed by atoms with Gasteiger partial charge in [-0.3, -0.25) is 9.78 Å². The van der Waals surface area contributed by atoms with Gasteiger partial charge in [0.2, 0.25) is 5.95 Å². The van der Waals surface area contributed by atoms with Crippen molar-refractivity contribution in [2.75, 3.05) is 18.4 Å². The van der Waals surface area contributed by atoms with E-state index >= 15 is 0 Å². The van der Waals surface area contributed by atoms with Crippen molar-refractivity contribution >= 4 is 17.7 Å². The zero-order chi connectivity index (χ0) is 20.4. The topological polar surface area (TPSA) is 110 Å². The number of carbonyl (C=O) groups excluding carboxylic acids is 1. The molecule has 1 aliphatic rings. The summed E-state index contributed by atoms with van der Waals surface area (Å²) in [5, 5.41) is 3.18. The maximum atomic E-state index is 12.6. The fourth-order valence-corrected chi connectivity index (χ4v) is 3.46. The summed E-state index contributed by atoms with van der Waals surface area (Å²) in [5.41, 5.74) is 2.98. The average Bonchev–Trinajstić information content (AvgIpc) is 3.17. The fraction of sp³-hybridized carbons (Fsp3) is 0.350. The standard InChI is InChI=1S/C20H22N8O/c1-12-8-13(2)25-20(24-12)27-17-9-14(3)23-18(26-17)15-4-7-28(11-15)19(29)16-10-21-5-6-22-16/h5-6,8-10,15H,4,7,11H2,1-3H3,(H,23,24,25,26,27)/t15-/m0/s1. The largest absolute Gasteiger partial charge is 0.337 e. The summed E-state index contributed by atoms with van der Waals surface area (Å²) < 4.78 is 0. The van der Waals surface area contributed by atoms with Crippen LogP contribution in [0.15, 0.2) is 30.7 Å². The summed E-state index contributed by atoms with van der Waals surface area (Å²) in [6.07, 6.45) is 5.37. The van der Waals surface area contributed by atoms with Crippen molar-refractivity contribution in [2.24, 2.45) is 0 Å². The zero-order valence-electron chi connectivity index (χ0n) is 16.6. The molecule has 1 N–H and O–H groups in total. The molecular formula is C20H22N8O. The van der Waals surface area contributed by atoms with E-state index in [4.69, 9.17) is 0 Å². The molecule has 0 aromatic carbocycles. The van der Waals surface area contributed by atoms with Gasteiger partial charge in [-0.1, -0.05) is 0 Å². The van der Waals surface area contributed by atoms with Crippen molar-refractivity contribution in [1.29, 1.82) is 0 Å². The Morgan fingerprint density at radius 1 is 1.03 bits per heavy atom. The third-order valence-corrected chi connectivity index (χ3v) is 4.72. The van der Waals surface area contributed by atoms with Crippen molar-refractivity contribution in [3.63, 3.8) is 0 Å². The first-order valence-electron chi connectivity index (χ1n) is 9.48. The predicted octanol–water partition coefficient (Wildman–Crippen LogP) is 2.36. The Balaban J connectivity index is 1.51. The molecule has 0 spiro atoms. The van der Waals surface area contributed by atoms with E-state index in [1.807, 2.05) is 32.9 Å². The molecule has 1 fully saturated rings. The van der Waals surface area contributed by atoms with Gasteiger partial charge in [0.1, 0.15) is 17.3 Å². The molecule has 0 radical (unpaired) electrons. The summed E-state index contributed by atoms with van der Waals surface area (Å²) in [5.74, 6) is 1.83. The molecule has 148 valence electrons. The molecule has 29 heavy (non-hydrogen) atoms. The molecule has 1 saturated heterocycles. The van der Waals surface area contributed by atoms with Gasteiger partial charge in [-0.2, -0.15) is 0 Å². The lowest BCUT2D eigenvalue weighted by atomic mass is 10.1. The minimum Gasteiger partial charge on any atom is -0.337 e. The lowest BCUT2D eigenvalue weighted by molar-refractivity contribution is 0.0784. The van der Waals surface area contributed by atoms with Crippen LogP contribution in [0.3, 0.4) is 0 Å². The Labute approximate surface area is 168 Å². The fourth-order valence-electron chi connectivity index (χ4n) is 3.46. The van der Waals surface area contributed by atoms with E-state index in [-0.39, 0.29) is 11.8 Å². The van der Waals surface area contributed by atoms with E-state index in [1.54, 1.807) is 11.1 Å². The molecular weight excluding hydrogens is 368 g/mol. The van der Waals surface area contributed by atoms with Crippen LogP contribution in [0.1, 0.15) is 45.7 Å². The van der Waals surface area contributed by atoms with Gasteiger partial charge < -0.3 is 10.2 Å². The number of aryl methyl sites for hydroxylation is 3. The van der Waals surface area contributed by atoms with Crippen LogP contribution < -0.4 is 5.32 Å². The van der Waals surface area contributed by atoms with E-state index < -0.39 is 0 Å². The molecule has 0 unspecified atom stereocenters. The number of nitrogens with one attached hydrogen (secondary N) is 1. The summed E-state index contributed by atoms with van der Waals surface area (Å²) in [7, 11) is 0. The van der Waals surface area contributed by atoms with Crippen LogP contribution in [0, 0.1) is 20.8 Å². The highest BCUT2D eigenvalue weighted by atomic mass is 16.2. The highest BCUT2D eigenvalue weighted by Gasteiger charge is 2.30. The van der Waals surface area contributed by atoms with Gasteiger partial charge in [-0.05, 0) is 33.3 Å². The second-order valence-corrected chi connectivity index (χ2v) is 7.18. The van der Waals surface area contributed by atoms with Crippen LogP contribution in [0.2, 0.25) is 0 Å². The molecule has 4 heterocycles. The number of nitrogens with zero attached hydrogens (tertiary/aromatic N) is 7. The van der Waals surface area contributed by atoms with Gasteiger partial charge in [-0.15, -0.1) is 0 Å². The predicted molar refractivity (Wildman–Crippen MR) is 107 cm³/mol. The number of hydrogen-bond acceptors (Lipinski definition) is 8. The second kappa shape index (κ2) is 7.86.